The van der Waals surface area contributed by atoms with Crippen LogP contribution < -0.4 is 10.3 Å². The van der Waals surface area contributed by atoms with E-state index in [1.54, 1.807) is 42.5 Å². The topological polar surface area (TPSA) is 97.4 Å². The predicted octanol–water partition coefficient (Wildman–Crippen LogP) is 2.96. The molecule has 1 saturated heterocycles. The van der Waals surface area contributed by atoms with Gasteiger partial charge < -0.3 is 19.4 Å². The first-order chi connectivity index (χ1) is 15.1. The van der Waals surface area contributed by atoms with Gasteiger partial charge in [0, 0.05) is 31.5 Å². The largest absolute Gasteiger partial charge is 0.481 e. The first kappa shape index (κ1) is 20.7. The van der Waals surface area contributed by atoms with Crippen molar-refractivity contribution in [2.45, 2.75) is 25.5 Å². The second kappa shape index (κ2) is 9.09. The van der Waals surface area contributed by atoms with Crippen molar-refractivity contribution in [2.24, 2.45) is 0 Å². The normalized spacial score (nSPS) is 15.8. The quantitative estimate of drug-likeness (QED) is 0.659. The van der Waals surface area contributed by atoms with E-state index < -0.39 is 0 Å². The minimum absolute atomic E-state index is 0.0847. The van der Waals surface area contributed by atoms with Crippen LogP contribution in [-0.4, -0.2) is 46.5 Å². The van der Waals surface area contributed by atoms with E-state index in [-0.39, 0.29) is 17.5 Å². The Morgan fingerprint density at radius 2 is 2.03 bits per heavy atom. The van der Waals surface area contributed by atoms with Crippen molar-refractivity contribution in [1.29, 1.82) is 0 Å². The van der Waals surface area contributed by atoms with Gasteiger partial charge in [-0.05, 0) is 42.7 Å². The molecule has 160 valence electrons. The molecule has 1 aliphatic rings. The summed E-state index contributed by atoms with van der Waals surface area (Å²) in [6, 6.07) is 12.1. The zero-order chi connectivity index (χ0) is 21.8. The lowest BCUT2D eigenvalue weighted by atomic mass is 10.1. The van der Waals surface area contributed by atoms with Crippen LogP contribution in [0.5, 0.6) is 5.88 Å². The van der Waals surface area contributed by atoms with Gasteiger partial charge in [-0.25, -0.2) is 9.97 Å². The zero-order valence-corrected chi connectivity index (χ0v) is 17.5. The molecule has 4 rings (SSSR count). The van der Waals surface area contributed by atoms with Gasteiger partial charge in [-0.3, -0.25) is 9.59 Å². The molecule has 1 N–H and O–H groups in total. The Kier molecular flexibility index (Phi) is 6.08. The maximum absolute atomic E-state index is 13.2. The second-order valence-corrected chi connectivity index (χ2v) is 7.36. The van der Waals surface area contributed by atoms with Crippen LogP contribution in [0, 0.1) is 0 Å². The molecule has 0 radical (unpaired) electrons. The van der Waals surface area contributed by atoms with Crippen LogP contribution in [0.15, 0.2) is 53.5 Å². The molecule has 1 aromatic carbocycles. The summed E-state index contributed by atoms with van der Waals surface area (Å²) in [5.41, 5.74) is 2.41. The summed E-state index contributed by atoms with van der Waals surface area (Å²) in [7, 11) is 3.16. The van der Waals surface area contributed by atoms with Crippen LogP contribution in [0.3, 0.4) is 0 Å². The zero-order valence-electron chi connectivity index (χ0n) is 17.5. The van der Waals surface area contributed by atoms with Crippen LogP contribution in [0.25, 0.3) is 11.3 Å². The smallest absolute Gasteiger partial charge is 0.254 e. The number of likely N-dealkylation sites (tertiary alicyclic amines) is 1. The summed E-state index contributed by atoms with van der Waals surface area (Å²) in [4.78, 5) is 39.1. The monoisotopic (exact) mass is 420 g/mol. The van der Waals surface area contributed by atoms with Crippen LogP contribution in [0.1, 0.15) is 40.6 Å². The number of methoxy groups -OCH3 is 2. The van der Waals surface area contributed by atoms with E-state index in [0.717, 1.165) is 18.4 Å². The highest BCUT2D eigenvalue weighted by Crippen LogP contribution is 2.32. The summed E-state index contributed by atoms with van der Waals surface area (Å²) in [6.07, 6.45) is 3.18. The highest BCUT2D eigenvalue weighted by Gasteiger charge is 2.32. The van der Waals surface area contributed by atoms with Crippen molar-refractivity contribution in [3.05, 3.63) is 76.0 Å². The molecular formula is C23H24N4O4. The molecule has 31 heavy (non-hydrogen) atoms. The van der Waals surface area contributed by atoms with Crippen molar-refractivity contribution in [1.82, 2.24) is 19.9 Å². The fourth-order valence-corrected chi connectivity index (χ4v) is 3.89. The first-order valence-corrected chi connectivity index (χ1v) is 10.1. The van der Waals surface area contributed by atoms with Gasteiger partial charge in [-0.2, -0.15) is 0 Å². The van der Waals surface area contributed by atoms with Gasteiger partial charge in [-0.1, -0.05) is 12.1 Å². The third-order valence-electron chi connectivity index (χ3n) is 5.34. The number of pyridine rings is 1. The summed E-state index contributed by atoms with van der Waals surface area (Å²) < 4.78 is 10.4. The summed E-state index contributed by atoms with van der Waals surface area (Å²) in [5, 5.41) is 0. The Hall–Kier alpha value is -3.52. The molecule has 0 bridgehead atoms. The van der Waals surface area contributed by atoms with E-state index in [4.69, 9.17) is 9.47 Å². The fourth-order valence-electron chi connectivity index (χ4n) is 3.89. The van der Waals surface area contributed by atoms with Crippen LogP contribution in [0.4, 0.5) is 0 Å². The molecular weight excluding hydrogens is 396 g/mol. The highest BCUT2D eigenvalue weighted by molar-refractivity contribution is 5.94. The van der Waals surface area contributed by atoms with Crippen LogP contribution in [-0.2, 0) is 11.3 Å². The second-order valence-electron chi connectivity index (χ2n) is 7.36. The number of hydrogen-bond acceptors (Lipinski definition) is 6. The maximum atomic E-state index is 13.2. The maximum Gasteiger partial charge on any atom is 0.254 e. The number of aromatic nitrogens is 3. The van der Waals surface area contributed by atoms with Gasteiger partial charge in [0.15, 0.2) is 0 Å². The highest BCUT2D eigenvalue weighted by atomic mass is 16.5. The Balaban J connectivity index is 1.65. The van der Waals surface area contributed by atoms with Crippen molar-refractivity contribution < 1.29 is 14.3 Å². The molecule has 2 aromatic heterocycles. The molecule has 0 saturated carbocycles. The number of H-pyrrole nitrogens is 1. The minimum Gasteiger partial charge on any atom is -0.481 e. The Labute approximate surface area is 179 Å². The average molecular weight is 420 g/mol. The number of ether oxygens (including phenoxy) is 2. The number of benzene rings is 1. The van der Waals surface area contributed by atoms with Gasteiger partial charge in [0.1, 0.15) is 5.82 Å². The third-order valence-corrected chi connectivity index (χ3v) is 5.34. The van der Waals surface area contributed by atoms with E-state index >= 15 is 0 Å². The molecule has 8 heteroatoms. The number of amides is 1. The standard InChI is InChI=1S/C23H24N4O4/c1-30-14-15-7-9-16(10-8-15)23(29)27-12-4-6-19(27)21-25-18(13-20(28)26-21)17-5-3-11-24-22(17)31-2/h3,5,7-11,13,19H,4,6,12,14H2,1-2H3,(H,25,26,28)/t19-/m1/s1. The van der Waals surface area contributed by atoms with Gasteiger partial charge in [0.2, 0.25) is 5.88 Å². The summed E-state index contributed by atoms with van der Waals surface area (Å²) >= 11 is 0. The molecule has 0 aliphatic carbocycles. The van der Waals surface area contributed by atoms with E-state index in [2.05, 4.69) is 15.0 Å². The Morgan fingerprint density at radius 1 is 1.23 bits per heavy atom. The molecule has 0 unspecified atom stereocenters. The van der Waals surface area contributed by atoms with Crippen molar-refractivity contribution in [3.63, 3.8) is 0 Å². The van der Waals surface area contributed by atoms with Crippen LogP contribution in [0.2, 0.25) is 0 Å². The Morgan fingerprint density at radius 3 is 2.77 bits per heavy atom. The van der Waals surface area contributed by atoms with Gasteiger partial charge >= 0.3 is 0 Å². The lowest BCUT2D eigenvalue weighted by Gasteiger charge is -2.24. The molecule has 3 aromatic rings. The van der Waals surface area contributed by atoms with E-state index in [0.29, 0.717) is 41.7 Å². The van der Waals surface area contributed by atoms with E-state index in [9.17, 15) is 9.59 Å². The first-order valence-electron chi connectivity index (χ1n) is 10.1. The summed E-state index contributed by atoms with van der Waals surface area (Å²) in [5.74, 6) is 0.774. The van der Waals surface area contributed by atoms with Gasteiger partial charge in [-0.15, -0.1) is 0 Å². The number of nitrogens with zero attached hydrogens (tertiary/aromatic N) is 3. The molecule has 3 heterocycles. The van der Waals surface area contributed by atoms with Gasteiger partial charge in [0.05, 0.1) is 31.0 Å². The van der Waals surface area contributed by atoms with Crippen molar-refractivity contribution >= 4 is 5.91 Å². The molecule has 0 spiro atoms. The fraction of sp³-hybridized carbons (Fsp3) is 0.304. The third kappa shape index (κ3) is 4.34. The number of carbonyl (C=O) groups is 1. The van der Waals surface area contributed by atoms with Crippen molar-refractivity contribution in [3.8, 4) is 17.1 Å². The number of aromatic amines is 1. The van der Waals surface area contributed by atoms with Crippen LogP contribution >= 0.6 is 0 Å². The molecule has 1 atom stereocenters. The van der Waals surface area contributed by atoms with E-state index in [1.165, 1.54) is 13.2 Å². The molecule has 1 fully saturated rings. The van der Waals surface area contributed by atoms with Gasteiger partial charge in [0.25, 0.3) is 11.5 Å². The van der Waals surface area contributed by atoms with E-state index in [1.807, 2.05) is 12.1 Å². The molecule has 8 nitrogen and oxygen atoms in total. The van der Waals surface area contributed by atoms with Crippen molar-refractivity contribution in [2.75, 3.05) is 20.8 Å². The number of carbonyl (C=O) groups excluding carboxylic acids is 1. The summed E-state index contributed by atoms with van der Waals surface area (Å²) in [6.45, 7) is 1.10. The molecule has 1 aliphatic heterocycles. The molecule has 1 amide bonds. The average Bonchev–Trinajstić information content (AvgIpc) is 3.29. The lowest BCUT2D eigenvalue weighted by molar-refractivity contribution is 0.0729. The number of rotatable bonds is 6. The number of nitrogens with one attached hydrogen (secondary N) is 1. The Bertz CT molecular complexity index is 1130. The lowest BCUT2D eigenvalue weighted by Crippen LogP contribution is -2.32. The minimum atomic E-state index is -0.304. The number of hydrogen-bond donors (Lipinski definition) is 1. The SMILES string of the molecule is COCc1ccc(C(=O)N2CCC[C@@H]2c2nc(-c3cccnc3OC)cc(=O)[nH]2)cc1. The predicted molar refractivity (Wildman–Crippen MR) is 115 cm³/mol.